The molecule has 5 heteroatoms. The average molecular weight is 391 g/mol. The van der Waals surface area contributed by atoms with Crippen molar-refractivity contribution in [3.05, 3.63) is 58.7 Å². The highest BCUT2D eigenvalue weighted by Crippen LogP contribution is 2.43. The quantitative estimate of drug-likeness (QED) is 0.697. The molecule has 1 unspecified atom stereocenters. The fourth-order valence-corrected chi connectivity index (χ4v) is 4.33. The standard InChI is InChI=1S/C24H25NO4/c1-24(2,14-25)20-6-4-5-19-18(20)9-10-21(19)29-16-7-8-17-15(11-23(26)27-3)13-28-22(17)12-16/h4-8,12,15,21H,9-11,13H2,1-3H3/t15?,21-/m0/s1. The number of carbonyl (C=O) groups is 1. The lowest BCUT2D eigenvalue weighted by Gasteiger charge is -2.21. The molecular weight excluding hydrogens is 366 g/mol. The van der Waals surface area contributed by atoms with Crippen molar-refractivity contribution in [1.82, 2.24) is 0 Å². The van der Waals surface area contributed by atoms with E-state index >= 15 is 0 Å². The monoisotopic (exact) mass is 391 g/mol. The van der Waals surface area contributed by atoms with E-state index in [1.165, 1.54) is 12.7 Å². The van der Waals surface area contributed by atoms with E-state index in [4.69, 9.17) is 14.2 Å². The van der Waals surface area contributed by atoms with Gasteiger partial charge in [-0.05, 0) is 49.4 Å². The lowest BCUT2D eigenvalue weighted by Crippen LogP contribution is -2.16. The molecule has 2 aliphatic rings. The smallest absolute Gasteiger partial charge is 0.306 e. The van der Waals surface area contributed by atoms with Crippen molar-refractivity contribution in [1.29, 1.82) is 5.26 Å². The van der Waals surface area contributed by atoms with Gasteiger partial charge in [-0.15, -0.1) is 0 Å². The van der Waals surface area contributed by atoms with Crippen LogP contribution < -0.4 is 9.47 Å². The van der Waals surface area contributed by atoms with Gasteiger partial charge in [0.05, 0.1) is 31.6 Å². The van der Waals surface area contributed by atoms with Crippen LogP contribution in [0.25, 0.3) is 0 Å². The van der Waals surface area contributed by atoms with Gasteiger partial charge in [0.25, 0.3) is 0 Å². The van der Waals surface area contributed by atoms with Crippen LogP contribution >= 0.6 is 0 Å². The van der Waals surface area contributed by atoms with Crippen LogP contribution in [0, 0.1) is 11.3 Å². The van der Waals surface area contributed by atoms with Gasteiger partial charge < -0.3 is 14.2 Å². The number of hydrogen-bond acceptors (Lipinski definition) is 5. The van der Waals surface area contributed by atoms with Crippen molar-refractivity contribution in [3.63, 3.8) is 0 Å². The van der Waals surface area contributed by atoms with E-state index in [0.717, 1.165) is 41.0 Å². The van der Waals surface area contributed by atoms with Crippen LogP contribution in [-0.4, -0.2) is 19.7 Å². The third kappa shape index (κ3) is 3.55. The number of rotatable bonds is 5. The highest BCUT2D eigenvalue weighted by molar-refractivity contribution is 5.71. The lowest BCUT2D eigenvalue weighted by atomic mass is 9.82. The second-order valence-corrected chi connectivity index (χ2v) is 8.24. The highest BCUT2D eigenvalue weighted by Gasteiger charge is 2.32. The maximum Gasteiger partial charge on any atom is 0.306 e. The summed E-state index contributed by atoms with van der Waals surface area (Å²) in [7, 11) is 1.40. The molecule has 0 fully saturated rings. The van der Waals surface area contributed by atoms with E-state index in [1.54, 1.807) is 0 Å². The van der Waals surface area contributed by atoms with Crippen LogP contribution in [0.3, 0.4) is 0 Å². The van der Waals surface area contributed by atoms with Gasteiger partial charge in [-0.2, -0.15) is 5.26 Å². The molecule has 2 aromatic carbocycles. The molecule has 1 heterocycles. The van der Waals surface area contributed by atoms with Gasteiger partial charge in [-0.3, -0.25) is 4.79 Å². The van der Waals surface area contributed by atoms with Crippen LogP contribution in [-0.2, 0) is 21.4 Å². The van der Waals surface area contributed by atoms with Gasteiger partial charge in [0, 0.05) is 17.5 Å². The predicted octanol–water partition coefficient (Wildman–Crippen LogP) is 4.59. The molecule has 1 aliphatic heterocycles. The van der Waals surface area contributed by atoms with E-state index in [2.05, 4.69) is 18.2 Å². The Morgan fingerprint density at radius 2 is 2.10 bits per heavy atom. The Labute approximate surface area is 171 Å². The first-order chi connectivity index (χ1) is 13.9. The Balaban J connectivity index is 1.54. The van der Waals surface area contributed by atoms with Gasteiger partial charge in [-0.1, -0.05) is 24.3 Å². The Bertz CT molecular complexity index is 989. The molecule has 0 aromatic heterocycles. The predicted molar refractivity (Wildman–Crippen MR) is 108 cm³/mol. The van der Waals surface area contributed by atoms with Crippen molar-refractivity contribution in [2.45, 2.75) is 50.5 Å². The normalized spacial score (nSPS) is 19.7. The van der Waals surface area contributed by atoms with Crippen molar-refractivity contribution in [2.75, 3.05) is 13.7 Å². The second-order valence-electron chi connectivity index (χ2n) is 8.24. The first-order valence-corrected chi connectivity index (χ1v) is 9.96. The summed E-state index contributed by atoms with van der Waals surface area (Å²) in [6, 6.07) is 14.4. The Morgan fingerprint density at radius 3 is 2.86 bits per heavy atom. The second kappa shape index (κ2) is 7.44. The molecule has 4 rings (SSSR count). The summed E-state index contributed by atoms with van der Waals surface area (Å²) in [6.45, 7) is 4.39. The van der Waals surface area contributed by atoms with Crippen molar-refractivity contribution in [3.8, 4) is 17.6 Å². The highest BCUT2D eigenvalue weighted by atomic mass is 16.5. The Hall–Kier alpha value is -3.00. The molecule has 0 N–H and O–H groups in total. The molecule has 150 valence electrons. The molecule has 0 spiro atoms. The average Bonchev–Trinajstić information content (AvgIpc) is 3.32. The van der Waals surface area contributed by atoms with Crippen molar-refractivity contribution < 1.29 is 19.0 Å². The molecule has 29 heavy (non-hydrogen) atoms. The van der Waals surface area contributed by atoms with Crippen molar-refractivity contribution >= 4 is 5.97 Å². The summed E-state index contributed by atoms with van der Waals surface area (Å²) in [5.74, 6) is 1.32. The molecule has 0 amide bonds. The number of esters is 1. The minimum atomic E-state index is -0.518. The summed E-state index contributed by atoms with van der Waals surface area (Å²) in [5.41, 5.74) is 3.99. The summed E-state index contributed by atoms with van der Waals surface area (Å²) < 4.78 is 16.9. The topological polar surface area (TPSA) is 68.6 Å². The van der Waals surface area contributed by atoms with Crippen molar-refractivity contribution in [2.24, 2.45) is 0 Å². The summed E-state index contributed by atoms with van der Waals surface area (Å²) >= 11 is 0. The zero-order valence-electron chi connectivity index (χ0n) is 17.0. The molecule has 0 saturated heterocycles. The molecule has 2 aromatic rings. The van der Waals surface area contributed by atoms with Gasteiger partial charge in [-0.25, -0.2) is 0 Å². The third-order valence-electron chi connectivity index (χ3n) is 5.95. The number of methoxy groups -OCH3 is 1. The lowest BCUT2D eigenvalue weighted by molar-refractivity contribution is -0.141. The molecule has 0 bridgehead atoms. The van der Waals surface area contributed by atoms with Crippen LogP contribution in [0.5, 0.6) is 11.5 Å². The molecule has 2 atom stereocenters. The maximum absolute atomic E-state index is 11.6. The van der Waals surface area contributed by atoms with E-state index in [0.29, 0.717) is 13.0 Å². The number of ether oxygens (including phenoxy) is 3. The number of nitriles is 1. The molecule has 1 aliphatic carbocycles. The Morgan fingerprint density at radius 1 is 1.28 bits per heavy atom. The van der Waals surface area contributed by atoms with Gasteiger partial charge >= 0.3 is 5.97 Å². The zero-order valence-corrected chi connectivity index (χ0v) is 17.0. The van der Waals surface area contributed by atoms with Gasteiger partial charge in [0.15, 0.2) is 0 Å². The molecule has 0 radical (unpaired) electrons. The summed E-state index contributed by atoms with van der Waals surface area (Å²) in [6.07, 6.45) is 2.07. The van der Waals surface area contributed by atoms with E-state index in [-0.39, 0.29) is 18.0 Å². The SMILES string of the molecule is COC(=O)CC1COc2cc(O[C@H]3CCc4c3cccc4C(C)(C)C#N)ccc21. The fourth-order valence-electron chi connectivity index (χ4n) is 4.33. The van der Waals surface area contributed by atoms with E-state index in [1.807, 2.05) is 38.1 Å². The molecule has 0 saturated carbocycles. The third-order valence-corrected chi connectivity index (χ3v) is 5.95. The summed E-state index contributed by atoms with van der Waals surface area (Å²) in [5, 5.41) is 9.54. The van der Waals surface area contributed by atoms with Crippen LogP contribution in [0.1, 0.15) is 61.0 Å². The Kier molecular flexibility index (Phi) is 4.96. The van der Waals surface area contributed by atoms with Crippen LogP contribution in [0.2, 0.25) is 0 Å². The number of fused-ring (bicyclic) bond motifs is 2. The maximum atomic E-state index is 11.6. The molecular formula is C24H25NO4. The minimum absolute atomic E-state index is 0.0227. The number of hydrogen-bond donors (Lipinski definition) is 0. The van der Waals surface area contributed by atoms with E-state index in [9.17, 15) is 10.1 Å². The van der Waals surface area contributed by atoms with E-state index < -0.39 is 5.41 Å². The largest absolute Gasteiger partial charge is 0.492 e. The zero-order chi connectivity index (χ0) is 20.6. The summed E-state index contributed by atoms with van der Waals surface area (Å²) in [4.78, 5) is 11.6. The first kappa shape index (κ1) is 19.3. The number of nitrogens with zero attached hydrogens (tertiary/aromatic N) is 1. The van der Waals surface area contributed by atoms with Gasteiger partial charge in [0.1, 0.15) is 17.6 Å². The number of carbonyl (C=O) groups excluding carboxylic acids is 1. The van der Waals surface area contributed by atoms with Crippen LogP contribution in [0.4, 0.5) is 0 Å². The first-order valence-electron chi connectivity index (χ1n) is 9.96. The number of benzene rings is 2. The van der Waals surface area contributed by atoms with Crippen LogP contribution in [0.15, 0.2) is 36.4 Å². The minimum Gasteiger partial charge on any atom is -0.492 e. The fraction of sp³-hybridized carbons (Fsp3) is 0.417. The van der Waals surface area contributed by atoms with Gasteiger partial charge in [0.2, 0.25) is 0 Å². The molecule has 5 nitrogen and oxygen atoms in total.